The highest BCUT2D eigenvalue weighted by Gasteiger charge is 2.35. The highest BCUT2D eigenvalue weighted by Crippen LogP contribution is 2.37. The van der Waals surface area contributed by atoms with Gasteiger partial charge in [-0.05, 0) is 56.2 Å². The Bertz CT molecular complexity index is 1720. The SMILES string of the molecule is CC(C)(C)OC(=O)N1CC=C(c2ccc3nc(-c4cc(C(=O)c5ccccc5C(F)(F)F)cn4SF)n(SF)c3c2)C1. The third kappa shape index (κ3) is 5.77. The first-order valence-electron chi connectivity index (χ1n) is 12.5. The number of imidazole rings is 1. The Labute approximate surface area is 246 Å². The Morgan fingerprint density at radius 1 is 1.00 bits per heavy atom. The van der Waals surface area contributed by atoms with Gasteiger partial charge in [-0.2, -0.15) is 13.2 Å². The van der Waals surface area contributed by atoms with Gasteiger partial charge in [-0.15, -0.1) is 7.77 Å². The van der Waals surface area contributed by atoms with E-state index in [1.807, 2.05) is 6.08 Å². The molecule has 0 saturated heterocycles. The number of fused-ring (bicyclic) bond motifs is 1. The lowest BCUT2D eigenvalue weighted by atomic mass is 9.99. The number of alkyl halides is 3. The van der Waals surface area contributed by atoms with Crippen molar-refractivity contribution >= 4 is 53.2 Å². The lowest BCUT2D eigenvalue weighted by Crippen LogP contribution is -2.35. The van der Waals surface area contributed by atoms with Crippen molar-refractivity contribution in [2.75, 3.05) is 13.1 Å². The first-order chi connectivity index (χ1) is 19.8. The first-order valence-corrected chi connectivity index (χ1v) is 13.9. The second-order valence-electron chi connectivity index (χ2n) is 10.5. The minimum atomic E-state index is -4.78. The van der Waals surface area contributed by atoms with Gasteiger partial charge < -0.3 is 9.64 Å². The fourth-order valence-corrected chi connectivity index (χ4v) is 5.37. The predicted octanol–water partition coefficient (Wildman–Crippen LogP) is 8.15. The molecule has 2 aromatic carbocycles. The number of halogens is 5. The molecule has 0 spiro atoms. The van der Waals surface area contributed by atoms with Crippen molar-refractivity contribution in [3.8, 4) is 11.5 Å². The number of ether oxygens (including phenoxy) is 1. The summed E-state index contributed by atoms with van der Waals surface area (Å²) in [5.74, 6) is -1.03. The topological polar surface area (TPSA) is 69.4 Å². The predicted molar refractivity (Wildman–Crippen MR) is 152 cm³/mol. The van der Waals surface area contributed by atoms with Crippen LogP contribution in [0.3, 0.4) is 0 Å². The molecule has 2 aromatic heterocycles. The molecule has 4 aromatic rings. The zero-order valence-corrected chi connectivity index (χ0v) is 24.0. The number of benzene rings is 2. The maximum atomic E-state index is 14.4. The molecule has 0 bridgehead atoms. The number of carbonyl (C=O) groups excluding carboxylic acids is 2. The molecule has 0 unspecified atom stereocenters. The number of aromatic nitrogens is 3. The number of carbonyl (C=O) groups is 2. The van der Waals surface area contributed by atoms with Gasteiger partial charge in [0.1, 0.15) is 5.60 Å². The fraction of sp³-hybridized carbons (Fsp3) is 0.250. The Morgan fingerprint density at radius 3 is 2.40 bits per heavy atom. The summed E-state index contributed by atoms with van der Waals surface area (Å²) in [7, 11) is 0. The number of rotatable bonds is 6. The third-order valence-corrected chi connectivity index (χ3v) is 7.41. The van der Waals surface area contributed by atoms with Crippen molar-refractivity contribution in [3.05, 3.63) is 83.1 Å². The number of hydrogen-bond donors (Lipinski definition) is 0. The maximum Gasteiger partial charge on any atom is 0.417 e. The average Bonchev–Trinajstić information content (AvgIpc) is 3.67. The summed E-state index contributed by atoms with van der Waals surface area (Å²) in [4.78, 5) is 31.5. The normalized spacial score (nSPS) is 14.0. The minimum absolute atomic E-state index is 0.0329. The summed E-state index contributed by atoms with van der Waals surface area (Å²) in [6.45, 7) is 5.93. The van der Waals surface area contributed by atoms with Gasteiger partial charge in [0.05, 0.1) is 22.3 Å². The molecule has 5 rings (SSSR count). The molecule has 0 N–H and O–H groups in total. The standard InChI is InChI=1S/C28H23F5N4O3S2/c1-27(2,3)40-26(39)35-11-10-17(14-35)16-8-9-21-22(12-16)37(42-33)25(34-21)23-13-18(15-36(23)41-32)24(38)19-6-4-5-7-20(19)28(29,30)31/h4-10,12-13,15H,11,14H2,1-3H3. The first kappa shape index (κ1) is 29.7. The Hall–Kier alpha value is -3.78. The van der Waals surface area contributed by atoms with Crippen molar-refractivity contribution in [2.24, 2.45) is 0 Å². The van der Waals surface area contributed by atoms with Crippen LogP contribution in [-0.2, 0) is 10.9 Å². The zero-order valence-electron chi connectivity index (χ0n) is 22.4. The van der Waals surface area contributed by atoms with Crippen LogP contribution in [0, 0.1) is 0 Å². The van der Waals surface area contributed by atoms with Gasteiger partial charge in [-0.3, -0.25) is 8.77 Å². The second-order valence-corrected chi connectivity index (χ2v) is 11.5. The zero-order chi connectivity index (χ0) is 30.4. The molecular weight excluding hydrogens is 599 g/mol. The molecule has 42 heavy (non-hydrogen) atoms. The van der Waals surface area contributed by atoms with Crippen LogP contribution in [0.5, 0.6) is 0 Å². The Morgan fingerprint density at radius 2 is 1.74 bits per heavy atom. The van der Waals surface area contributed by atoms with Crippen LogP contribution in [0.15, 0.2) is 60.8 Å². The minimum Gasteiger partial charge on any atom is -0.444 e. The van der Waals surface area contributed by atoms with E-state index in [2.05, 4.69) is 4.98 Å². The van der Waals surface area contributed by atoms with E-state index in [1.165, 1.54) is 23.1 Å². The van der Waals surface area contributed by atoms with E-state index in [9.17, 15) is 30.5 Å². The Kier molecular flexibility index (Phi) is 7.88. The number of ketones is 1. The fourth-order valence-electron chi connectivity index (χ4n) is 4.59. The van der Waals surface area contributed by atoms with Gasteiger partial charge in [-0.1, -0.05) is 30.3 Å². The number of hydrogen-bond acceptors (Lipinski definition) is 6. The molecular formula is C28H23F5N4O3S2. The van der Waals surface area contributed by atoms with Gasteiger partial charge in [-0.25, -0.2) is 13.8 Å². The molecule has 0 saturated carbocycles. The average molecular weight is 623 g/mol. The van der Waals surface area contributed by atoms with E-state index >= 15 is 0 Å². The van der Waals surface area contributed by atoms with Crippen LogP contribution in [0.4, 0.5) is 25.7 Å². The van der Waals surface area contributed by atoms with Crippen molar-refractivity contribution < 1.29 is 35.3 Å². The molecule has 0 aliphatic carbocycles. The highest BCUT2D eigenvalue weighted by atomic mass is 32.2. The van der Waals surface area contributed by atoms with Gasteiger partial charge >= 0.3 is 12.3 Å². The quantitative estimate of drug-likeness (QED) is 0.160. The van der Waals surface area contributed by atoms with E-state index in [0.29, 0.717) is 23.1 Å². The number of nitrogens with zero attached hydrogens (tertiary/aromatic N) is 4. The molecule has 220 valence electrons. The van der Waals surface area contributed by atoms with Crippen LogP contribution in [0.2, 0.25) is 0 Å². The molecule has 0 radical (unpaired) electrons. The molecule has 1 aliphatic rings. The summed E-state index contributed by atoms with van der Waals surface area (Å²) >= 11 is -0.509. The molecule has 0 atom stereocenters. The van der Waals surface area contributed by atoms with Crippen molar-refractivity contribution in [1.82, 2.24) is 17.8 Å². The molecule has 0 fully saturated rings. The number of amides is 1. The van der Waals surface area contributed by atoms with E-state index in [4.69, 9.17) is 4.74 Å². The highest BCUT2D eigenvalue weighted by molar-refractivity contribution is 7.93. The van der Waals surface area contributed by atoms with Crippen LogP contribution >= 0.6 is 24.7 Å². The van der Waals surface area contributed by atoms with Crippen molar-refractivity contribution in [1.29, 1.82) is 0 Å². The second kappa shape index (κ2) is 11.1. The van der Waals surface area contributed by atoms with Crippen LogP contribution in [0.25, 0.3) is 28.1 Å². The van der Waals surface area contributed by atoms with E-state index in [0.717, 1.165) is 31.8 Å². The summed E-state index contributed by atoms with van der Waals surface area (Å²) in [5.41, 5.74) is -0.440. The summed E-state index contributed by atoms with van der Waals surface area (Å²) in [5, 5.41) is 0. The van der Waals surface area contributed by atoms with E-state index in [-0.39, 0.29) is 48.3 Å². The van der Waals surface area contributed by atoms with Gasteiger partial charge in [0, 0.05) is 30.4 Å². The van der Waals surface area contributed by atoms with Crippen LogP contribution < -0.4 is 0 Å². The third-order valence-electron chi connectivity index (χ3n) is 6.45. The lowest BCUT2D eigenvalue weighted by Gasteiger charge is -2.24. The summed E-state index contributed by atoms with van der Waals surface area (Å²) in [6, 6.07) is 10.5. The van der Waals surface area contributed by atoms with Gasteiger partial charge in [0.15, 0.2) is 36.3 Å². The van der Waals surface area contributed by atoms with E-state index < -0.39 is 34.8 Å². The summed E-state index contributed by atoms with van der Waals surface area (Å²) < 4.78 is 76.3. The summed E-state index contributed by atoms with van der Waals surface area (Å²) in [6.07, 6.45) is -2.34. The van der Waals surface area contributed by atoms with Crippen LogP contribution in [0.1, 0.15) is 47.8 Å². The Balaban J connectivity index is 1.49. The molecule has 7 nitrogen and oxygen atoms in total. The monoisotopic (exact) mass is 622 g/mol. The smallest absolute Gasteiger partial charge is 0.417 e. The van der Waals surface area contributed by atoms with E-state index in [1.54, 1.807) is 39.0 Å². The maximum absolute atomic E-state index is 14.4. The largest absolute Gasteiger partial charge is 0.444 e. The lowest BCUT2D eigenvalue weighted by molar-refractivity contribution is -0.137. The van der Waals surface area contributed by atoms with Crippen LogP contribution in [-0.4, -0.2) is 48.4 Å². The van der Waals surface area contributed by atoms with Crippen molar-refractivity contribution in [3.63, 3.8) is 0 Å². The van der Waals surface area contributed by atoms with Gasteiger partial charge in [0.25, 0.3) is 0 Å². The van der Waals surface area contributed by atoms with Gasteiger partial charge in [0.2, 0.25) is 0 Å². The van der Waals surface area contributed by atoms with Crippen molar-refractivity contribution in [2.45, 2.75) is 32.5 Å². The molecule has 1 aliphatic heterocycles. The molecule has 3 heterocycles. The molecule has 1 amide bonds. The molecule has 14 heteroatoms.